The second-order valence-electron chi connectivity index (χ2n) is 41.5. The van der Waals surface area contributed by atoms with Crippen LogP contribution in [0.3, 0.4) is 0 Å². The standard InChI is InChI=1S/C140H86N6OS/c1-137(2)118-78-82(76-77-89(118)91-49-29-57-107(127(91)137)136-143-119-68-22-12-44-101(119)128(144-136)81-74-72-80(73-75-81)84-47-27-50-93-90-38-15-25-71-122(90)147-131(84)93)85-48-28-52-95-96-53-30-51-94(133(96)148-132(85)95)86-35-4-5-39-92(86)129-102-45-13-23-69-120(102)141-134(145-129)106-56-33-67-117-126(106)100-43-11-21-63-113(100)140(117)111-61-19-9-41-98(111)123-83(34-26-65-115(123)140)79-138(3)108-58-16-8-40-97(108)124-104(54-31-64-114(124)138)130-103-46-14-24-70-121(103)142-135(146-130)105-55-32-66-116-125(105)99-42-10-20-62-112(99)139(116)109-59-17-6-36-87(109)88-37-7-18-60-110(88)139/h4-78H,79H2,1-3H3. The lowest BCUT2D eigenvalue weighted by atomic mass is 9.69. The van der Waals surface area contributed by atoms with Gasteiger partial charge >= 0.3 is 0 Å². The molecule has 0 aliphatic heterocycles. The normalized spacial score (nSPS) is 15.5. The largest absolute Gasteiger partial charge is 0.455 e. The van der Waals surface area contributed by atoms with Crippen molar-refractivity contribution in [1.29, 1.82) is 0 Å². The van der Waals surface area contributed by atoms with Crippen molar-refractivity contribution in [3.05, 3.63) is 527 Å². The average molecular weight is 1900 g/mol. The number of hydrogen-bond donors (Lipinski definition) is 0. The third-order valence-electron chi connectivity index (χ3n) is 33.9. The van der Waals surface area contributed by atoms with Crippen LogP contribution in [0.25, 0.3) is 243 Å². The molecule has 21 aromatic carbocycles. The maximum Gasteiger partial charge on any atom is 0.161 e. The van der Waals surface area contributed by atoms with Crippen LogP contribution in [-0.4, -0.2) is 29.9 Å². The lowest BCUT2D eigenvalue weighted by Gasteiger charge is -2.31. The zero-order valence-corrected chi connectivity index (χ0v) is 81.8. The van der Waals surface area contributed by atoms with Crippen LogP contribution in [0.15, 0.2) is 459 Å². The Morgan fingerprint density at radius 1 is 0.216 bits per heavy atom. The molecule has 0 N–H and O–H groups in total. The number of rotatable bonds is 11. The van der Waals surface area contributed by atoms with E-state index in [4.69, 9.17) is 34.3 Å². The Kier molecular flexibility index (Phi) is 17.3. The summed E-state index contributed by atoms with van der Waals surface area (Å²) in [6, 6.07) is 169. The molecule has 0 amide bonds. The molecule has 2 atom stereocenters. The molecule has 0 saturated carbocycles. The van der Waals surface area contributed by atoms with E-state index in [2.05, 4.69) is 464 Å². The van der Waals surface area contributed by atoms with E-state index >= 15 is 0 Å². The molecule has 5 aromatic heterocycles. The van der Waals surface area contributed by atoms with Crippen molar-refractivity contribution in [3.8, 4) is 168 Å². The zero-order valence-electron chi connectivity index (χ0n) is 81.0. The van der Waals surface area contributed by atoms with Gasteiger partial charge < -0.3 is 4.42 Å². The first-order valence-corrected chi connectivity index (χ1v) is 52.1. The molecule has 2 spiro atoms. The molecular weight excluding hydrogens is 1810 g/mol. The molecule has 8 heteroatoms. The van der Waals surface area contributed by atoms with Crippen LogP contribution in [0.5, 0.6) is 0 Å². The van der Waals surface area contributed by atoms with Crippen molar-refractivity contribution in [1.82, 2.24) is 29.9 Å². The SMILES string of the molecule is CC1(C)c2cc(-c3cccc4c3sc3c(-c5ccccc5-c5nc(-c6cccc7c6-c6ccccc6C76c7ccccc7-c7c(CC8(C)c9ccccc9-c9c(-c%10nc(-c%11cccc%12c%11-c%11ccccc%11C%12%11c%12ccccc%12-c%12ccccc%12%11)nc%11ccccc%10%11)cccc98)cccc76)nc6ccccc56)cccc34)ccc2-c2cccc(-c3nc(-c4ccc(-c5cccc6c5oc5ccccc56)cc4)c4ccccc4n3)c21. The number of aromatic nitrogens is 6. The van der Waals surface area contributed by atoms with Gasteiger partial charge in [-0.3, -0.25) is 0 Å². The van der Waals surface area contributed by atoms with Gasteiger partial charge in [0.15, 0.2) is 17.5 Å². The Balaban J connectivity index is 0.482. The number of hydrogen-bond acceptors (Lipinski definition) is 8. The van der Waals surface area contributed by atoms with E-state index in [1.807, 2.05) is 23.5 Å². The minimum Gasteiger partial charge on any atom is -0.455 e. The van der Waals surface area contributed by atoms with Gasteiger partial charge in [0, 0.05) is 102 Å². The van der Waals surface area contributed by atoms with E-state index in [0.717, 1.165) is 139 Å². The third-order valence-corrected chi connectivity index (χ3v) is 35.2. The Hall–Kier alpha value is -18.3. The van der Waals surface area contributed by atoms with Crippen LogP contribution in [0.4, 0.5) is 0 Å². The smallest absolute Gasteiger partial charge is 0.161 e. The topological polar surface area (TPSA) is 90.5 Å². The summed E-state index contributed by atoms with van der Waals surface area (Å²) in [6.45, 7) is 7.26. The van der Waals surface area contributed by atoms with Crippen molar-refractivity contribution in [2.24, 2.45) is 0 Å². The average Bonchev–Trinajstić information content (AvgIpc) is 1.50. The molecule has 2 unspecified atom stereocenters. The van der Waals surface area contributed by atoms with E-state index in [1.54, 1.807) is 0 Å². The maximum absolute atomic E-state index is 6.52. The first kappa shape index (κ1) is 83.2. The summed E-state index contributed by atoms with van der Waals surface area (Å²) in [6.07, 6.45) is 0.734. The minimum absolute atomic E-state index is 0.420. The molecule has 0 fully saturated rings. The molecule has 688 valence electrons. The number of benzene rings is 21. The molecule has 0 bridgehead atoms. The highest BCUT2D eigenvalue weighted by atomic mass is 32.1. The van der Waals surface area contributed by atoms with Crippen molar-refractivity contribution < 1.29 is 4.42 Å². The fourth-order valence-electron chi connectivity index (χ4n) is 27.8. The highest BCUT2D eigenvalue weighted by Crippen LogP contribution is 2.68. The van der Waals surface area contributed by atoms with Gasteiger partial charge in [-0.05, 0) is 198 Å². The van der Waals surface area contributed by atoms with Crippen molar-refractivity contribution >= 4 is 86.2 Å². The molecule has 0 saturated heterocycles. The molecule has 0 radical (unpaired) electrons. The van der Waals surface area contributed by atoms with Gasteiger partial charge in [0.25, 0.3) is 0 Å². The van der Waals surface area contributed by atoms with Gasteiger partial charge in [0.2, 0.25) is 0 Å². The van der Waals surface area contributed by atoms with Crippen molar-refractivity contribution in [3.63, 3.8) is 0 Å². The number of nitrogens with zero attached hydrogens (tertiary/aromatic N) is 6. The lowest BCUT2D eigenvalue weighted by molar-refractivity contribution is 0.583. The highest BCUT2D eigenvalue weighted by Gasteiger charge is 2.56. The number of furan rings is 1. The molecule has 26 aromatic rings. The van der Waals surface area contributed by atoms with Gasteiger partial charge in [-0.1, -0.05) is 445 Å². The zero-order chi connectivity index (χ0) is 97.3. The van der Waals surface area contributed by atoms with Gasteiger partial charge in [-0.2, -0.15) is 0 Å². The van der Waals surface area contributed by atoms with Gasteiger partial charge in [0.05, 0.1) is 44.5 Å². The summed E-state index contributed by atoms with van der Waals surface area (Å²) in [5, 5.41) is 7.68. The summed E-state index contributed by atoms with van der Waals surface area (Å²) in [5.74, 6) is 2.10. The second-order valence-corrected chi connectivity index (χ2v) is 42.5. The second kappa shape index (κ2) is 30.9. The summed E-state index contributed by atoms with van der Waals surface area (Å²) in [4.78, 5) is 34.2. The van der Waals surface area contributed by atoms with Crippen LogP contribution in [0.2, 0.25) is 0 Å². The van der Waals surface area contributed by atoms with E-state index in [-0.39, 0.29) is 0 Å². The number of fused-ring (bicyclic) bond motifs is 35. The predicted molar refractivity (Wildman–Crippen MR) is 607 cm³/mol. The lowest BCUT2D eigenvalue weighted by Crippen LogP contribution is -2.26. The summed E-state index contributed by atoms with van der Waals surface area (Å²) >= 11 is 1.89. The van der Waals surface area contributed by atoms with Crippen molar-refractivity contribution in [2.75, 3.05) is 0 Å². The first-order chi connectivity index (χ1) is 73.0. The Morgan fingerprint density at radius 3 is 1.18 bits per heavy atom. The quantitative estimate of drug-likeness (QED) is 0.127. The Labute approximate surface area is 858 Å². The molecule has 5 heterocycles. The van der Waals surface area contributed by atoms with Crippen LogP contribution in [-0.2, 0) is 28.1 Å². The summed E-state index contributed by atoms with van der Waals surface area (Å²) in [7, 11) is 0. The van der Waals surface area contributed by atoms with Crippen LogP contribution in [0.1, 0.15) is 93.1 Å². The number of para-hydroxylation sites is 5. The molecule has 148 heavy (non-hydrogen) atoms. The molecule has 32 rings (SSSR count). The molecule has 6 aliphatic rings. The van der Waals surface area contributed by atoms with Gasteiger partial charge in [0.1, 0.15) is 11.2 Å². The van der Waals surface area contributed by atoms with E-state index in [1.165, 1.54) is 165 Å². The minimum atomic E-state index is -0.696. The van der Waals surface area contributed by atoms with E-state index < -0.39 is 21.7 Å². The Morgan fingerprint density at radius 2 is 0.574 bits per heavy atom. The van der Waals surface area contributed by atoms with E-state index in [0.29, 0.717) is 17.5 Å². The fourth-order valence-corrected chi connectivity index (χ4v) is 29.2. The predicted octanol–water partition coefficient (Wildman–Crippen LogP) is 35.3. The van der Waals surface area contributed by atoms with E-state index in [9.17, 15) is 0 Å². The van der Waals surface area contributed by atoms with Gasteiger partial charge in [-0.25, -0.2) is 29.9 Å². The van der Waals surface area contributed by atoms with Crippen LogP contribution < -0.4 is 0 Å². The summed E-state index contributed by atoms with van der Waals surface area (Å²) < 4.78 is 8.99. The van der Waals surface area contributed by atoms with Gasteiger partial charge in [-0.15, -0.1) is 11.3 Å². The third kappa shape index (κ3) is 11.3. The van der Waals surface area contributed by atoms with Crippen LogP contribution in [0, 0.1) is 0 Å². The maximum atomic E-state index is 6.52. The molecule has 7 nitrogen and oxygen atoms in total. The van der Waals surface area contributed by atoms with Crippen LogP contribution >= 0.6 is 11.3 Å². The molecular formula is C140H86N6OS. The first-order valence-electron chi connectivity index (χ1n) is 51.3. The Bertz CT molecular complexity index is 10300. The highest BCUT2D eigenvalue weighted by molar-refractivity contribution is 7.27. The monoisotopic (exact) mass is 1900 g/mol. The summed E-state index contributed by atoms with van der Waals surface area (Å²) in [5.41, 5.74) is 49.4. The fraction of sp³-hybridized carbons (Fsp3) is 0.0571. The van der Waals surface area contributed by atoms with Crippen molar-refractivity contribution in [2.45, 2.75) is 48.9 Å². The number of thiophene rings is 1. The molecule has 6 aliphatic carbocycles.